The molecule has 0 spiro atoms. The minimum absolute atomic E-state index is 0. The number of nitroso groups, excluding NO2 is 2. The number of aliphatic hydroxyl groups excluding tert-OH is 2. The molecule has 0 atom stereocenters. The van der Waals surface area contributed by atoms with Crippen molar-refractivity contribution in [2.45, 2.75) is 62.5 Å². The van der Waals surface area contributed by atoms with Gasteiger partial charge in [-0.2, -0.15) is 26.3 Å². The first-order valence-corrected chi connectivity index (χ1v) is 10.2. The molecule has 0 aromatic heterocycles. The van der Waals surface area contributed by atoms with Crippen molar-refractivity contribution in [3.63, 3.8) is 0 Å². The second-order valence-corrected chi connectivity index (χ2v) is 8.65. The summed E-state index contributed by atoms with van der Waals surface area (Å²) in [5.41, 5.74) is -6.82. The average molecular weight is 623 g/mol. The summed E-state index contributed by atoms with van der Waals surface area (Å²) in [5.74, 6) is -4.17. The molecule has 39 heavy (non-hydrogen) atoms. The molecule has 2 heterocycles. The molecule has 0 saturated carbocycles. The van der Waals surface area contributed by atoms with Gasteiger partial charge < -0.3 is 20.4 Å². The van der Waals surface area contributed by atoms with Crippen LogP contribution in [0.4, 0.5) is 26.3 Å². The standard InChI is InChI=1S/2C10H12F3N2O2.2CH4O.Ni/c2*1-8(2)6(5-7(16)10(11,12)13)14-9(3,4)15(8)17;2*1-2;/h2*5,16H,1-2H2,3-4H3;2*2H,1H3;/q2*-1;;;/p+2/b2*7-5-;;;. The van der Waals surface area contributed by atoms with Gasteiger partial charge in [0.1, 0.15) is 0 Å². The van der Waals surface area contributed by atoms with Crippen molar-refractivity contribution in [1.29, 1.82) is 0 Å². The van der Waals surface area contributed by atoms with E-state index in [-0.39, 0.29) is 45.8 Å². The SMILES string of the molecule is CO.CO.[CH2-]C1([CH2-])C(/C=C(\[O-])C(F)(F)F)=NC(C)(C)[N+]1=O.[CH2-]C1([CH2-])C(/C=C(\[O-])C(F)(F)F)=NC(C)(C)[N+]1=O.[H+].[H+].[H+].[H+].[Ni]. The van der Waals surface area contributed by atoms with Gasteiger partial charge in [0.2, 0.25) is 0 Å². The van der Waals surface area contributed by atoms with Crippen molar-refractivity contribution in [3.05, 3.63) is 61.2 Å². The molecule has 10 nitrogen and oxygen atoms in total. The summed E-state index contributed by atoms with van der Waals surface area (Å²) in [6.45, 7) is 19.1. The van der Waals surface area contributed by atoms with Crippen molar-refractivity contribution in [2.75, 3.05) is 14.2 Å². The third kappa shape index (κ3) is 9.94. The minimum atomic E-state index is -5.00. The van der Waals surface area contributed by atoms with E-state index >= 15 is 0 Å². The zero-order valence-corrected chi connectivity index (χ0v) is 22.9. The molecule has 17 heteroatoms. The maximum atomic E-state index is 12.1. The topological polar surface area (TPSA) is 151 Å². The summed E-state index contributed by atoms with van der Waals surface area (Å²) in [4.78, 5) is 30.8. The van der Waals surface area contributed by atoms with Crippen molar-refractivity contribution in [3.8, 4) is 0 Å². The summed E-state index contributed by atoms with van der Waals surface area (Å²) in [6, 6.07) is 0. The van der Waals surface area contributed by atoms with Crippen LogP contribution in [0.5, 0.6) is 0 Å². The first-order chi connectivity index (χ1) is 16.8. The van der Waals surface area contributed by atoms with Gasteiger partial charge >= 0.3 is 18.1 Å². The Hall–Kier alpha value is -2.39. The van der Waals surface area contributed by atoms with Crippen LogP contribution in [0.25, 0.3) is 0 Å². The molecular weight excluding hydrogens is 589 g/mol. The molecule has 2 rings (SSSR count). The van der Waals surface area contributed by atoms with Gasteiger partial charge in [0.05, 0.1) is 11.4 Å². The quantitative estimate of drug-likeness (QED) is 0.158. The Labute approximate surface area is 238 Å². The van der Waals surface area contributed by atoms with Crippen LogP contribution < -0.4 is 10.2 Å². The Kier molecular flexibility index (Phi) is 14.5. The minimum Gasteiger partial charge on any atom is -0.869 e. The molecule has 0 aliphatic carbocycles. The van der Waals surface area contributed by atoms with E-state index in [1.54, 1.807) is 0 Å². The Morgan fingerprint density at radius 3 is 1.08 bits per heavy atom. The van der Waals surface area contributed by atoms with Gasteiger partial charge in [-0.1, -0.05) is 0 Å². The van der Waals surface area contributed by atoms with Crippen LogP contribution in [0.15, 0.2) is 33.7 Å². The molecule has 0 radical (unpaired) electrons. The Bertz CT molecular complexity index is 953. The monoisotopic (exact) mass is 622 g/mol. The smallest absolute Gasteiger partial charge is 0.869 e. The van der Waals surface area contributed by atoms with E-state index in [0.29, 0.717) is 9.52 Å². The zero-order chi connectivity index (χ0) is 31.3. The van der Waals surface area contributed by atoms with Crippen LogP contribution in [-0.2, 0) is 16.5 Å². The number of rotatable bonds is 2. The third-order valence-corrected chi connectivity index (χ3v) is 4.61. The summed E-state index contributed by atoms with van der Waals surface area (Å²) in [6.07, 6.45) is -9.47. The first-order valence-electron chi connectivity index (χ1n) is 10.2. The molecule has 0 fully saturated rings. The number of hydrogen-bond acceptors (Lipinski definition) is 8. The molecular formula is C22H34F6N4NiO6. The zero-order valence-electron chi connectivity index (χ0n) is 25.9. The number of aliphatic imine (C=N–C) groups is 2. The maximum Gasteiger partial charge on any atom is 1.00 e. The molecule has 0 saturated heterocycles. The molecule has 0 bridgehead atoms. The number of aliphatic hydroxyl groups is 2. The fraction of sp³-hybridized carbons (Fsp3) is 0.545. The third-order valence-electron chi connectivity index (χ3n) is 4.61. The molecule has 230 valence electrons. The van der Waals surface area contributed by atoms with Gasteiger partial charge in [0.25, 0.3) is 11.3 Å². The summed E-state index contributed by atoms with van der Waals surface area (Å²) >= 11 is 0. The Balaban J connectivity index is -0.0000000977. The molecule has 2 aliphatic rings. The van der Waals surface area contributed by atoms with Crippen LogP contribution >= 0.6 is 0 Å². The number of alkyl halides is 6. The number of nitrogens with zero attached hydrogens (tertiary/aromatic N) is 4. The summed E-state index contributed by atoms with van der Waals surface area (Å²) in [7, 11) is 2.00. The molecule has 0 aromatic rings. The van der Waals surface area contributed by atoms with Crippen molar-refractivity contribution in [2.24, 2.45) is 9.98 Å². The van der Waals surface area contributed by atoms with Crippen LogP contribution in [0, 0.1) is 37.5 Å². The number of allylic oxidation sites excluding steroid dienone is 2. The number of halogens is 6. The van der Waals surface area contributed by atoms with Gasteiger partial charge in [0, 0.05) is 79.3 Å². The largest absolute Gasteiger partial charge is 1.00 e. The number of hydrogen-bond donors (Lipinski definition) is 2. The van der Waals surface area contributed by atoms with E-state index < -0.39 is 46.3 Å². The fourth-order valence-electron chi connectivity index (χ4n) is 2.89. The van der Waals surface area contributed by atoms with Gasteiger partial charge in [-0.25, -0.2) is 9.98 Å². The normalized spacial score (nSPS) is 21.1. The Morgan fingerprint density at radius 1 is 0.744 bits per heavy atom. The van der Waals surface area contributed by atoms with E-state index in [1.807, 2.05) is 0 Å². The van der Waals surface area contributed by atoms with E-state index in [2.05, 4.69) is 37.7 Å². The maximum absolute atomic E-state index is 12.1. The molecule has 2 N–H and O–H groups in total. The first kappa shape index (κ1) is 41.1. The summed E-state index contributed by atoms with van der Waals surface area (Å²) < 4.78 is 73.2. The van der Waals surface area contributed by atoms with Gasteiger partial charge in [-0.05, 0) is 33.2 Å². The second kappa shape index (κ2) is 13.8. The van der Waals surface area contributed by atoms with E-state index in [4.69, 9.17) is 10.2 Å². The van der Waals surface area contributed by atoms with E-state index in [9.17, 15) is 46.4 Å². The van der Waals surface area contributed by atoms with Gasteiger partial charge in [-0.3, -0.25) is 27.7 Å². The molecule has 2 aliphatic heterocycles. The van der Waals surface area contributed by atoms with E-state index in [0.717, 1.165) is 14.2 Å². The van der Waals surface area contributed by atoms with Crippen LogP contribution in [0.1, 0.15) is 33.4 Å². The van der Waals surface area contributed by atoms with Crippen molar-refractivity contribution in [1.82, 2.24) is 0 Å². The van der Waals surface area contributed by atoms with Crippen LogP contribution in [0.3, 0.4) is 0 Å². The second-order valence-electron chi connectivity index (χ2n) is 8.65. The summed E-state index contributed by atoms with van der Waals surface area (Å²) in [5, 5.41) is 35.6. The van der Waals surface area contributed by atoms with Crippen LogP contribution in [0.2, 0.25) is 0 Å². The molecule has 0 unspecified atom stereocenters. The molecule has 0 amide bonds. The van der Waals surface area contributed by atoms with Gasteiger partial charge in [0.15, 0.2) is 0 Å². The predicted molar refractivity (Wildman–Crippen MR) is 126 cm³/mol. The van der Waals surface area contributed by atoms with Crippen molar-refractivity contribution < 1.29 is 78.5 Å². The Morgan fingerprint density at radius 2 is 0.949 bits per heavy atom. The fourth-order valence-corrected chi connectivity index (χ4v) is 2.89. The van der Waals surface area contributed by atoms with Gasteiger partial charge in [-0.15, -0.1) is 0 Å². The molecule has 0 aromatic carbocycles. The van der Waals surface area contributed by atoms with E-state index in [1.165, 1.54) is 27.7 Å². The average Bonchev–Trinajstić information content (AvgIpc) is 3.02. The van der Waals surface area contributed by atoms with Crippen LogP contribution in [-0.4, -0.2) is 80.1 Å². The predicted octanol–water partition coefficient (Wildman–Crippen LogP) is 2.00. The van der Waals surface area contributed by atoms with Crippen molar-refractivity contribution >= 4 is 11.4 Å².